The first-order valence-corrected chi connectivity index (χ1v) is 8.24. The van der Waals surface area contributed by atoms with Crippen LogP contribution >= 0.6 is 7.75 Å². The summed E-state index contributed by atoms with van der Waals surface area (Å²) in [5.74, 6) is 0. The summed E-state index contributed by atoms with van der Waals surface area (Å²) in [7, 11) is 6.91. The zero-order valence-corrected chi connectivity index (χ0v) is 12.3. The van der Waals surface area contributed by atoms with E-state index in [2.05, 4.69) is 5.09 Å². The molecule has 0 aromatic rings. The molecule has 21 heavy (non-hydrogen) atoms. The van der Waals surface area contributed by atoms with E-state index >= 15 is 0 Å². The van der Waals surface area contributed by atoms with Crippen molar-refractivity contribution in [2.24, 2.45) is 0 Å². The van der Waals surface area contributed by atoms with Gasteiger partial charge in [0.15, 0.2) is 0 Å². The average molecular weight is 317 g/mol. The van der Waals surface area contributed by atoms with Crippen LogP contribution in [0.3, 0.4) is 0 Å². The number of rotatable bonds is 6. The van der Waals surface area contributed by atoms with Gasteiger partial charge in [-0.25, -0.2) is 9.65 Å². The van der Waals surface area contributed by atoms with Crippen LogP contribution in [-0.2, 0) is 18.6 Å². The Kier molecular flexibility index (Phi) is 5.90. The first-order chi connectivity index (χ1) is 9.80. The van der Waals surface area contributed by atoms with Gasteiger partial charge >= 0.3 is 7.75 Å². The predicted octanol–water partition coefficient (Wildman–Crippen LogP) is -2.02. The van der Waals surface area contributed by atoms with Crippen LogP contribution in [0.25, 0.3) is 0 Å². The Morgan fingerprint density at radius 1 is 1.24 bits per heavy atom. The van der Waals surface area contributed by atoms with Crippen LogP contribution < -0.4 is 5.09 Å². The molecule has 0 spiro atoms. The highest BCUT2D eigenvalue weighted by atomic mass is 31.2. The number of hydrogen-bond acceptors (Lipinski definition) is 6. The van der Waals surface area contributed by atoms with E-state index in [0.717, 1.165) is 0 Å². The third-order valence-electron chi connectivity index (χ3n) is 3.46. The van der Waals surface area contributed by atoms with Crippen molar-refractivity contribution in [3.63, 3.8) is 0 Å². The van der Waals surface area contributed by atoms with Gasteiger partial charge in [-0.3, -0.25) is 4.52 Å². The number of aliphatic hydroxyl groups excluding tert-OH is 2. The van der Waals surface area contributed by atoms with Gasteiger partial charge in [-0.1, -0.05) is 0 Å². The standard InChI is InChI=1S/C10H18B2NO7P/c11-9-1-5(7(3-14)19-9)13-21(16,17)18-4-8-6(15)2-10(12)20-8/h5-10,14-15H,1-4H2,(H2,13,16,17)/t5?,6-,7-,8-,9-,10-/m1/s1. The Balaban J connectivity index is 1.83. The van der Waals surface area contributed by atoms with Crippen molar-refractivity contribution in [2.75, 3.05) is 13.2 Å². The molecule has 2 aliphatic rings. The zero-order chi connectivity index (χ0) is 15.6. The molecule has 0 amide bonds. The fourth-order valence-corrected chi connectivity index (χ4v) is 3.53. The molecular formula is C10H18B2NO7P. The molecule has 0 bridgehead atoms. The molecule has 0 aromatic carbocycles. The number of aliphatic hydroxyl groups is 2. The normalized spacial score (nSPS) is 43.0. The predicted molar refractivity (Wildman–Crippen MR) is 73.9 cm³/mol. The Bertz CT molecular complexity index is 404. The largest absolute Gasteiger partial charge is 0.403 e. The van der Waals surface area contributed by atoms with Crippen LogP contribution in [-0.4, -0.2) is 80.4 Å². The van der Waals surface area contributed by atoms with E-state index in [1.807, 2.05) is 0 Å². The van der Waals surface area contributed by atoms with Crippen molar-refractivity contribution in [1.29, 1.82) is 0 Å². The van der Waals surface area contributed by atoms with E-state index < -0.39 is 44.1 Å². The quantitative estimate of drug-likeness (QED) is 0.328. The molecule has 116 valence electrons. The van der Waals surface area contributed by atoms with Gasteiger partial charge in [0.2, 0.25) is 0 Å². The summed E-state index contributed by atoms with van der Waals surface area (Å²) in [5.41, 5.74) is 0. The molecular weight excluding hydrogens is 299 g/mol. The maximum absolute atomic E-state index is 12.0. The van der Waals surface area contributed by atoms with Crippen molar-refractivity contribution in [2.45, 2.75) is 49.2 Å². The molecule has 7 atom stereocenters. The summed E-state index contributed by atoms with van der Waals surface area (Å²) in [6, 6.07) is -1.82. The monoisotopic (exact) mass is 317 g/mol. The smallest absolute Gasteiger partial charge is 0.394 e. The minimum atomic E-state index is -4.15. The van der Waals surface area contributed by atoms with Crippen LogP contribution in [0.2, 0.25) is 0 Å². The Hall–Kier alpha value is 0.0799. The highest BCUT2D eigenvalue weighted by molar-refractivity contribution is 7.50. The molecule has 2 heterocycles. The summed E-state index contributed by atoms with van der Waals surface area (Å²) in [4.78, 5) is 9.76. The van der Waals surface area contributed by atoms with Gasteiger partial charge in [-0.05, 0) is 12.8 Å². The highest BCUT2D eigenvalue weighted by Gasteiger charge is 2.38. The molecule has 4 radical (unpaired) electrons. The fourth-order valence-electron chi connectivity index (χ4n) is 2.42. The van der Waals surface area contributed by atoms with E-state index in [4.69, 9.17) is 34.8 Å². The van der Waals surface area contributed by atoms with Crippen LogP contribution in [0, 0.1) is 0 Å². The summed E-state index contributed by atoms with van der Waals surface area (Å²) < 4.78 is 27.2. The van der Waals surface area contributed by atoms with Gasteiger partial charge in [0, 0.05) is 18.0 Å². The molecule has 0 saturated carbocycles. The van der Waals surface area contributed by atoms with Crippen molar-refractivity contribution < 1.29 is 33.7 Å². The Morgan fingerprint density at radius 2 is 1.86 bits per heavy atom. The van der Waals surface area contributed by atoms with E-state index in [1.165, 1.54) is 0 Å². The molecule has 2 unspecified atom stereocenters. The van der Waals surface area contributed by atoms with Gasteiger partial charge < -0.3 is 24.6 Å². The third kappa shape index (κ3) is 4.77. The Labute approximate surface area is 125 Å². The summed E-state index contributed by atoms with van der Waals surface area (Å²) in [6.07, 6.45) is -1.75. The molecule has 11 heteroatoms. The second-order valence-corrected chi connectivity index (χ2v) is 6.76. The highest BCUT2D eigenvalue weighted by Crippen LogP contribution is 2.40. The fraction of sp³-hybridized carbons (Fsp3) is 1.00. The SMILES string of the molecule is [B][C@H]1CC(NP(=O)(O)OC[C@H]2O[C@@H]([B])C[C@H]2O)[C@@H](CO)O1. The number of ether oxygens (including phenoxy) is 2. The van der Waals surface area contributed by atoms with Crippen molar-refractivity contribution >= 4 is 23.4 Å². The first-order valence-electron chi connectivity index (χ1n) is 6.67. The summed E-state index contributed by atoms with van der Waals surface area (Å²) in [6.45, 7) is -0.607. The maximum atomic E-state index is 12.0. The second-order valence-electron chi connectivity index (χ2n) is 5.20. The van der Waals surface area contributed by atoms with Crippen LogP contribution in [0.5, 0.6) is 0 Å². The van der Waals surface area contributed by atoms with E-state index in [-0.39, 0.29) is 26.1 Å². The van der Waals surface area contributed by atoms with Crippen LogP contribution in [0.15, 0.2) is 0 Å². The van der Waals surface area contributed by atoms with E-state index in [0.29, 0.717) is 0 Å². The molecule has 2 rings (SSSR count). The minimum absolute atomic E-state index is 0.245. The second kappa shape index (κ2) is 7.10. The topological polar surface area (TPSA) is 117 Å². The average Bonchev–Trinajstić information content (AvgIpc) is 2.88. The lowest BCUT2D eigenvalue weighted by molar-refractivity contribution is -0.00132. The lowest BCUT2D eigenvalue weighted by Crippen LogP contribution is -2.37. The van der Waals surface area contributed by atoms with Gasteiger partial charge in [0.05, 0.1) is 25.4 Å². The molecule has 2 saturated heterocycles. The zero-order valence-electron chi connectivity index (χ0n) is 11.4. The molecule has 0 aliphatic carbocycles. The maximum Gasteiger partial charge on any atom is 0.403 e. The van der Waals surface area contributed by atoms with Gasteiger partial charge in [0.25, 0.3) is 0 Å². The minimum Gasteiger partial charge on any atom is -0.394 e. The molecule has 2 fully saturated rings. The lowest BCUT2D eigenvalue weighted by Gasteiger charge is -2.23. The van der Waals surface area contributed by atoms with Gasteiger partial charge in [-0.15, -0.1) is 0 Å². The Morgan fingerprint density at radius 3 is 2.43 bits per heavy atom. The third-order valence-corrected chi connectivity index (χ3v) is 4.62. The first kappa shape index (κ1) is 17.4. The van der Waals surface area contributed by atoms with Crippen molar-refractivity contribution in [3.8, 4) is 0 Å². The number of hydrogen-bond donors (Lipinski definition) is 4. The number of nitrogens with one attached hydrogen (secondary N) is 1. The summed E-state index contributed by atoms with van der Waals surface area (Å²) in [5, 5.41) is 21.1. The summed E-state index contributed by atoms with van der Waals surface area (Å²) >= 11 is 0. The molecule has 2 aliphatic heterocycles. The lowest BCUT2D eigenvalue weighted by atomic mass is 9.95. The van der Waals surface area contributed by atoms with E-state index in [9.17, 15) is 14.6 Å². The molecule has 8 nitrogen and oxygen atoms in total. The van der Waals surface area contributed by atoms with Gasteiger partial charge in [0.1, 0.15) is 21.8 Å². The van der Waals surface area contributed by atoms with Gasteiger partial charge in [-0.2, -0.15) is 0 Å². The van der Waals surface area contributed by atoms with Crippen LogP contribution in [0.1, 0.15) is 12.8 Å². The van der Waals surface area contributed by atoms with E-state index in [1.54, 1.807) is 0 Å². The van der Waals surface area contributed by atoms with Crippen LogP contribution in [0.4, 0.5) is 0 Å². The molecule has 0 aromatic heterocycles. The molecule has 4 N–H and O–H groups in total. The van der Waals surface area contributed by atoms with Crippen molar-refractivity contribution in [3.05, 3.63) is 0 Å². The van der Waals surface area contributed by atoms with Crippen molar-refractivity contribution in [1.82, 2.24) is 5.09 Å².